The number of H-pyrrole nitrogens is 1. The van der Waals surface area contributed by atoms with Gasteiger partial charge in [-0.25, -0.2) is 4.98 Å². The van der Waals surface area contributed by atoms with Crippen molar-refractivity contribution in [2.45, 2.75) is 19.3 Å². The molecule has 5 heteroatoms. The Balaban J connectivity index is 2.23. The van der Waals surface area contributed by atoms with Crippen LogP contribution in [0.25, 0.3) is 0 Å². The predicted molar refractivity (Wildman–Crippen MR) is 63.6 cm³/mol. The lowest BCUT2D eigenvalue weighted by atomic mass is 10.1. The first kappa shape index (κ1) is 9.95. The highest BCUT2D eigenvalue weighted by atomic mass is 127. The Labute approximate surface area is 95.9 Å². The minimum atomic E-state index is -0.0406. The summed E-state index contributed by atoms with van der Waals surface area (Å²) in [5, 5.41) is 0. The number of nitrogens with zero attached hydrogens (tertiary/aromatic N) is 2. The van der Waals surface area contributed by atoms with Crippen molar-refractivity contribution in [3.05, 3.63) is 20.1 Å². The van der Waals surface area contributed by atoms with Crippen LogP contribution in [0.1, 0.15) is 19.3 Å². The van der Waals surface area contributed by atoms with Gasteiger partial charge in [0.25, 0.3) is 5.56 Å². The SMILES string of the molecule is O=c1[nH]c(N2CCCCC2)ncc1I. The van der Waals surface area contributed by atoms with Crippen LogP contribution < -0.4 is 10.5 Å². The third-order valence-corrected chi connectivity index (χ3v) is 3.17. The van der Waals surface area contributed by atoms with E-state index in [9.17, 15) is 4.79 Å². The molecule has 1 fully saturated rings. The third-order valence-electron chi connectivity index (χ3n) is 2.40. The van der Waals surface area contributed by atoms with Gasteiger partial charge in [0, 0.05) is 19.3 Å². The van der Waals surface area contributed by atoms with Crippen molar-refractivity contribution in [1.29, 1.82) is 0 Å². The number of hydrogen-bond acceptors (Lipinski definition) is 3. The van der Waals surface area contributed by atoms with Crippen molar-refractivity contribution in [3.8, 4) is 0 Å². The third kappa shape index (κ3) is 2.08. The zero-order valence-electron chi connectivity index (χ0n) is 7.79. The lowest BCUT2D eigenvalue weighted by molar-refractivity contribution is 0.567. The molecule has 1 N–H and O–H groups in total. The Morgan fingerprint density at radius 3 is 2.71 bits per heavy atom. The molecule has 1 aromatic rings. The fourth-order valence-corrected chi connectivity index (χ4v) is 1.91. The molecule has 4 nitrogen and oxygen atoms in total. The smallest absolute Gasteiger partial charge is 0.265 e. The Morgan fingerprint density at radius 2 is 2.07 bits per heavy atom. The summed E-state index contributed by atoms with van der Waals surface area (Å²) in [6.07, 6.45) is 5.29. The van der Waals surface area contributed by atoms with Crippen LogP contribution >= 0.6 is 22.6 Å². The van der Waals surface area contributed by atoms with E-state index in [1.165, 1.54) is 19.3 Å². The van der Waals surface area contributed by atoms with Crippen LogP contribution in [0.5, 0.6) is 0 Å². The number of nitrogens with one attached hydrogen (secondary N) is 1. The number of rotatable bonds is 1. The standard InChI is InChI=1S/C9H12IN3O/c10-7-6-11-9(12-8(7)14)13-4-2-1-3-5-13/h6H,1-5H2,(H,11,12,14). The lowest BCUT2D eigenvalue weighted by Gasteiger charge is -2.26. The summed E-state index contributed by atoms with van der Waals surface area (Å²) < 4.78 is 0.642. The van der Waals surface area contributed by atoms with E-state index < -0.39 is 0 Å². The molecule has 76 valence electrons. The molecular formula is C9H12IN3O. The van der Waals surface area contributed by atoms with E-state index in [2.05, 4.69) is 14.9 Å². The van der Waals surface area contributed by atoms with Crippen LogP contribution in [-0.4, -0.2) is 23.1 Å². The van der Waals surface area contributed by atoms with Gasteiger partial charge in [-0.05, 0) is 41.9 Å². The Bertz CT molecular complexity index is 371. The fourth-order valence-electron chi connectivity index (χ4n) is 1.64. The first-order valence-corrected chi connectivity index (χ1v) is 5.85. The average molecular weight is 305 g/mol. The molecular weight excluding hydrogens is 293 g/mol. The van der Waals surface area contributed by atoms with Gasteiger partial charge in [-0.15, -0.1) is 0 Å². The molecule has 1 saturated heterocycles. The number of aromatic nitrogens is 2. The highest BCUT2D eigenvalue weighted by molar-refractivity contribution is 14.1. The van der Waals surface area contributed by atoms with E-state index in [4.69, 9.17) is 0 Å². The van der Waals surface area contributed by atoms with Crippen LogP contribution in [0.2, 0.25) is 0 Å². The van der Waals surface area contributed by atoms with Crippen LogP contribution in [0.15, 0.2) is 11.0 Å². The first-order valence-electron chi connectivity index (χ1n) is 4.77. The molecule has 2 rings (SSSR count). The van der Waals surface area contributed by atoms with Crippen molar-refractivity contribution < 1.29 is 0 Å². The van der Waals surface area contributed by atoms with Crippen molar-refractivity contribution in [2.24, 2.45) is 0 Å². The largest absolute Gasteiger partial charge is 0.342 e. The summed E-state index contributed by atoms with van der Waals surface area (Å²) in [6, 6.07) is 0. The second kappa shape index (κ2) is 4.29. The maximum Gasteiger partial charge on any atom is 0.265 e. The van der Waals surface area contributed by atoms with Gasteiger partial charge in [0.05, 0.1) is 3.57 Å². The molecule has 0 amide bonds. The molecule has 2 heterocycles. The predicted octanol–water partition coefficient (Wildman–Crippen LogP) is 1.36. The fraction of sp³-hybridized carbons (Fsp3) is 0.556. The topological polar surface area (TPSA) is 49.0 Å². The normalized spacial score (nSPS) is 17.1. The quantitative estimate of drug-likeness (QED) is 0.797. The Kier molecular flexibility index (Phi) is 3.05. The maximum atomic E-state index is 11.4. The Hall–Kier alpha value is -0.590. The van der Waals surface area contributed by atoms with Gasteiger partial charge >= 0.3 is 0 Å². The minimum Gasteiger partial charge on any atom is -0.342 e. The van der Waals surface area contributed by atoms with E-state index in [0.717, 1.165) is 19.0 Å². The van der Waals surface area contributed by atoms with Crippen LogP contribution in [-0.2, 0) is 0 Å². The monoisotopic (exact) mass is 305 g/mol. The second-order valence-electron chi connectivity index (χ2n) is 3.43. The van der Waals surface area contributed by atoms with Crippen molar-refractivity contribution in [2.75, 3.05) is 18.0 Å². The highest BCUT2D eigenvalue weighted by Crippen LogP contribution is 2.13. The number of halogens is 1. The van der Waals surface area contributed by atoms with Gasteiger partial charge in [-0.3, -0.25) is 9.78 Å². The Morgan fingerprint density at radius 1 is 1.36 bits per heavy atom. The van der Waals surface area contributed by atoms with Crippen molar-refractivity contribution in [3.63, 3.8) is 0 Å². The van der Waals surface area contributed by atoms with Gasteiger partial charge in [0.1, 0.15) is 0 Å². The van der Waals surface area contributed by atoms with E-state index >= 15 is 0 Å². The molecule has 14 heavy (non-hydrogen) atoms. The molecule has 0 aromatic carbocycles. The molecule has 1 aliphatic heterocycles. The summed E-state index contributed by atoms with van der Waals surface area (Å²) in [4.78, 5) is 20.5. The lowest BCUT2D eigenvalue weighted by Crippen LogP contribution is -2.32. The summed E-state index contributed by atoms with van der Waals surface area (Å²) in [5.41, 5.74) is -0.0406. The van der Waals surface area contributed by atoms with Gasteiger partial charge < -0.3 is 4.90 Å². The summed E-state index contributed by atoms with van der Waals surface area (Å²) >= 11 is 1.99. The van der Waals surface area contributed by atoms with Gasteiger partial charge in [0.15, 0.2) is 0 Å². The van der Waals surface area contributed by atoms with E-state index in [0.29, 0.717) is 3.57 Å². The zero-order chi connectivity index (χ0) is 9.97. The van der Waals surface area contributed by atoms with E-state index in [1.807, 2.05) is 22.6 Å². The average Bonchev–Trinajstić information content (AvgIpc) is 2.23. The second-order valence-corrected chi connectivity index (χ2v) is 4.59. The van der Waals surface area contributed by atoms with Crippen molar-refractivity contribution in [1.82, 2.24) is 9.97 Å². The molecule has 0 atom stereocenters. The van der Waals surface area contributed by atoms with Gasteiger partial charge in [0.2, 0.25) is 5.95 Å². The van der Waals surface area contributed by atoms with E-state index in [1.54, 1.807) is 6.20 Å². The van der Waals surface area contributed by atoms with Crippen LogP contribution in [0, 0.1) is 3.57 Å². The highest BCUT2D eigenvalue weighted by Gasteiger charge is 2.12. The molecule has 0 bridgehead atoms. The van der Waals surface area contributed by atoms with Gasteiger partial charge in [-0.2, -0.15) is 0 Å². The number of hydrogen-bond donors (Lipinski definition) is 1. The summed E-state index contributed by atoms with van der Waals surface area (Å²) in [7, 11) is 0. The molecule has 0 saturated carbocycles. The number of anilines is 1. The zero-order valence-corrected chi connectivity index (χ0v) is 9.95. The molecule has 1 aromatic heterocycles. The molecule has 0 radical (unpaired) electrons. The van der Waals surface area contributed by atoms with Crippen molar-refractivity contribution >= 4 is 28.5 Å². The molecule has 0 unspecified atom stereocenters. The molecule has 1 aliphatic rings. The maximum absolute atomic E-state index is 11.4. The number of aromatic amines is 1. The van der Waals surface area contributed by atoms with E-state index in [-0.39, 0.29) is 5.56 Å². The first-order chi connectivity index (χ1) is 6.77. The molecule has 0 aliphatic carbocycles. The summed E-state index contributed by atoms with van der Waals surface area (Å²) in [6.45, 7) is 2.01. The van der Waals surface area contributed by atoms with Crippen LogP contribution in [0.3, 0.4) is 0 Å². The minimum absolute atomic E-state index is 0.0406. The molecule has 0 spiro atoms. The summed E-state index contributed by atoms with van der Waals surface area (Å²) in [5.74, 6) is 0.718. The van der Waals surface area contributed by atoms with Crippen LogP contribution in [0.4, 0.5) is 5.95 Å². The number of piperidine rings is 1. The van der Waals surface area contributed by atoms with Gasteiger partial charge in [-0.1, -0.05) is 0 Å².